The fourth-order valence-corrected chi connectivity index (χ4v) is 3.83. The van der Waals surface area contributed by atoms with Gasteiger partial charge in [-0.3, -0.25) is 0 Å². The third kappa shape index (κ3) is 4.15. The summed E-state index contributed by atoms with van der Waals surface area (Å²) >= 11 is 1.47. The van der Waals surface area contributed by atoms with Crippen molar-refractivity contribution in [3.8, 4) is 0 Å². The van der Waals surface area contributed by atoms with Crippen LogP contribution in [0.4, 0.5) is 0 Å². The summed E-state index contributed by atoms with van der Waals surface area (Å²) in [4.78, 5) is 0. The molecule has 2 aromatic rings. The number of hydrogen-bond donors (Lipinski definition) is 1. The minimum atomic E-state index is -3.61. The van der Waals surface area contributed by atoms with Crippen LogP contribution in [-0.4, -0.2) is 42.8 Å². The average molecular weight is 340 g/mol. The molecule has 1 N–H and O–H groups in total. The molecule has 0 saturated heterocycles. The van der Waals surface area contributed by atoms with Gasteiger partial charge in [0.25, 0.3) is 10.2 Å². The van der Waals surface area contributed by atoms with Crippen molar-refractivity contribution in [2.45, 2.75) is 12.6 Å². The van der Waals surface area contributed by atoms with E-state index in [1.807, 2.05) is 41.1 Å². The largest absolute Gasteiger partial charge is 0.387 e. The fourth-order valence-electron chi connectivity index (χ4n) is 2.02. The van der Waals surface area contributed by atoms with Crippen molar-refractivity contribution in [1.82, 2.24) is 8.61 Å². The highest BCUT2D eigenvalue weighted by atomic mass is 32.2. The average Bonchev–Trinajstić information content (AvgIpc) is 3.01. The Bertz CT molecular complexity index is 670. The van der Waals surface area contributed by atoms with Gasteiger partial charge in [0.2, 0.25) is 0 Å². The molecule has 7 heteroatoms. The van der Waals surface area contributed by atoms with E-state index in [4.69, 9.17) is 0 Å². The fraction of sp³-hybridized carbons (Fsp3) is 0.333. The van der Waals surface area contributed by atoms with Gasteiger partial charge in [-0.05, 0) is 28.0 Å². The number of aliphatic hydroxyl groups excluding tert-OH is 1. The second-order valence-electron chi connectivity index (χ2n) is 5.14. The van der Waals surface area contributed by atoms with Crippen LogP contribution in [0.2, 0.25) is 0 Å². The maximum absolute atomic E-state index is 12.5. The summed E-state index contributed by atoms with van der Waals surface area (Å²) in [6.07, 6.45) is -0.843. The van der Waals surface area contributed by atoms with Crippen LogP contribution in [0.5, 0.6) is 0 Å². The number of benzene rings is 1. The zero-order chi connectivity index (χ0) is 16.2. The minimum absolute atomic E-state index is 0.0200. The molecule has 0 saturated carbocycles. The predicted molar refractivity (Wildman–Crippen MR) is 88.7 cm³/mol. The quantitative estimate of drug-likeness (QED) is 0.839. The molecule has 0 aliphatic rings. The van der Waals surface area contributed by atoms with Gasteiger partial charge in [-0.2, -0.15) is 28.4 Å². The Morgan fingerprint density at radius 2 is 1.86 bits per heavy atom. The number of nitrogens with zero attached hydrogens (tertiary/aromatic N) is 2. The molecule has 1 atom stereocenters. The van der Waals surface area contributed by atoms with Gasteiger partial charge >= 0.3 is 0 Å². The first-order valence-corrected chi connectivity index (χ1v) is 9.17. The maximum Gasteiger partial charge on any atom is 0.281 e. The van der Waals surface area contributed by atoms with Gasteiger partial charge in [-0.15, -0.1) is 0 Å². The van der Waals surface area contributed by atoms with Gasteiger partial charge in [0.05, 0.1) is 6.10 Å². The molecular weight excluding hydrogens is 320 g/mol. The zero-order valence-corrected chi connectivity index (χ0v) is 14.2. The van der Waals surface area contributed by atoms with Gasteiger partial charge in [0.1, 0.15) is 0 Å². The normalized spacial score (nSPS) is 13.7. The van der Waals surface area contributed by atoms with E-state index in [1.54, 1.807) is 6.07 Å². The molecule has 0 spiro atoms. The molecule has 22 heavy (non-hydrogen) atoms. The lowest BCUT2D eigenvalue weighted by Gasteiger charge is -2.27. The Hall–Kier alpha value is -1.25. The van der Waals surface area contributed by atoms with Crippen molar-refractivity contribution in [3.05, 3.63) is 58.3 Å². The maximum atomic E-state index is 12.5. The van der Waals surface area contributed by atoms with Crippen LogP contribution in [0.1, 0.15) is 17.2 Å². The molecule has 0 bridgehead atoms. The van der Waals surface area contributed by atoms with E-state index in [2.05, 4.69) is 0 Å². The van der Waals surface area contributed by atoms with Gasteiger partial charge in [0.15, 0.2) is 0 Å². The lowest BCUT2D eigenvalue weighted by molar-refractivity contribution is 0.143. The third-order valence-corrected chi connectivity index (χ3v) is 5.85. The molecule has 1 aromatic carbocycles. The topological polar surface area (TPSA) is 60.9 Å². The molecule has 0 radical (unpaired) electrons. The third-order valence-electron chi connectivity index (χ3n) is 3.29. The summed E-state index contributed by atoms with van der Waals surface area (Å²) in [5.74, 6) is 0. The SMILES string of the molecule is CN(C)S(=O)(=O)N(Cc1ccccc1)CC(O)c1ccsc1. The second-order valence-corrected chi connectivity index (χ2v) is 8.06. The minimum Gasteiger partial charge on any atom is -0.387 e. The summed E-state index contributed by atoms with van der Waals surface area (Å²) in [7, 11) is -0.632. The zero-order valence-electron chi connectivity index (χ0n) is 12.6. The standard InChI is InChI=1S/C15H20N2O3S2/c1-16(2)22(19,20)17(10-13-6-4-3-5-7-13)11-15(18)14-8-9-21-12-14/h3-9,12,15,18H,10-11H2,1-2H3. The van der Waals surface area contributed by atoms with Crippen molar-refractivity contribution in [2.75, 3.05) is 20.6 Å². The highest BCUT2D eigenvalue weighted by Gasteiger charge is 2.27. The molecule has 0 aliphatic heterocycles. The molecule has 0 amide bonds. The smallest absolute Gasteiger partial charge is 0.281 e. The Labute approximate surface area is 135 Å². The molecule has 1 aromatic heterocycles. The molecular formula is C15H20N2O3S2. The molecule has 120 valence electrons. The highest BCUT2D eigenvalue weighted by Crippen LogP contribution is 2.21. The van der Waals surface area contributed by atoms with Gasteiger partial charge < -0.3 is 5.11 Å². The van der Waals surface area contributed by atoms with Crippen LogP contribution in [-0.2, 0) is 16.8 Å². The van der Waals surface area contributed by atoms with E-state index < -0.39 is 16.3 Å². The van der Waals surface area contributed by atoms with Crippen molar-refractivity contribution in [2.24, 2.45) is 0 Å². The van der Waals surface area contributed by atoms with E-state index >= 15 is 0 Å². The number of hydrogen-bond acceptors (Lipinski definition) is 4. The van der Waals surface area contributed by atoms with E-state index in [9.17, 15) is 13.5 Å². The Morgan fingerprint density at radius 3 is 2.41 bits per heavy atom. The number of thiophene rings is 1. The first-order valence-electron chi connectivity index (χ1n) is 6.83. The predicted octanol–water partition coefficient (Wildman–Crippen LogP) is 2.09. The molecule has 5 nitrogen and oxygen atoms in total. The van der Waals surface area contributed by atoms with E-state index in [0.717, 1.165) is 15.4 Å². The number of aliphatic hydroxyl groups is 1. The summed E-state index contributed by atoms with van der Waals surface area (Å²) in [5.41, 5.74) is 1.61. The van der Waals surface area contributed by atoms with E-state index in [-0.39, 0.29) is 13.1 Å². The van der Waals surface area contributed by atoms with Crippen LogP contribution in [0.3, 0.4) is 0 Å². The van der Waals surface area contributed by atoms with E-state index in [0.29, 0.717) is 0 Å². The summed E-state index contributed by atoms with van der Waals surface area (Å²) in [6, 6.07) is 11.2. The summed E-state index contributed by atoms with van der Waals surface area (Å²) in [6.45, 7) is 0.245. The second kappa shape index (κ2) is 7.34. The van der Waals surface area contributed by atoms with Crippen molar-refractivity contribution >= 4 is 21.5 Å². The van der Waals surface area contributed by atoms with Crippen LogP contribution >= 0.6 is 11.3 Å². The van der Waals surface area contributed by atoms with E-state index in [1.165, 1.54) is 29.7 Å². The number of rotatable bonds is 7. The molecule has 2 rings (SSSR count). The highest BCUT2D eigenvalue weighted by molar-refractivity contribution is 7.86. The van der Waals surface area contributed by atoms with Crippen molar-refractivity contribution in [3.63, 3.8) is 0 Å². The van der Waals surface area contributed by atoms with Crippen LogP contribution < -0.4 is 0 Å². The lowest BCUT2D eigenvalue weighted by atomic mass is 10.2. The van der Waals surface area contributed by atoms with Crippen molar-refractivity contribution in [1.29, 1.82) is 0 Å². The van der Waals surface area contributed by atoms with Gasteiger partial charge in [-0.25, -0.2) is 0 Å². The monoisotopic (exact) mass is 340 g/mol. The Morgan fingerprint density at radius 1 is 1.18 bits per heavy atom. The van der Waals surface area contributed by atoms with Crippen LogP contribution in [0.15, 0.2) is 47.2 Å². The van der Waals surface area contributed by atoms with Gasteiger partial charge in [0, 0.05) is 27.2 Å². The summed E-state index contributed by atoms with van der Waals surface area (Å²) in [5, 5.41) is 14.0. The van der Waals surface area contributed by atoms with Crippen LogP contribution in [0.25, 0.3) is 0 Å². The molecule has 0 aliphatic carbocycles. The first-order chi connectivity index (χ1) is 10.4. The molecule has 1 unspecified atom stereocenters. The summed E-state index contributed by atoms with van der Waals surface area (Å²) < 4.78 is 27.4. The van der Waals surface area contributed by atoms with Crippen LogP contribution in [0, 0.1) is 0 Å². The Balaban J connectivity index is 2.22. The Kier molecular flexibility index (Phi) is 5.71. The van der Waals surface area contributed by atoms with Crippen molar-refractivity contribution < 1.29 is 13.5 Å². The lowest BCUT2D eigenvalue weighted by Crippen LogP contribution is -2.41. The molecule has 1 heterocycles. The first kappa shape index (κ1) is 17.1. The molecule has 0 fully saturated rings. The van der Waals surface area contributed by atoms with Gasteiger partial charge in [-0.1, -0.05) is 30.3 Å².